The summed E-state index contributed by atoms with van der Waals surface area (Å²) in [6, 6.07) is 9.14. The molecule has 3 aliphatic heterocycles. The molecule has 1 aromatic carbocycles. The maximum atomic E-state index is 9.19. The van der Waals surface area contributed by atoms with Crippen molar-refractivity contribution in [3.8, 4) is 0 Å². The van der Waals surface area contributed by atoms with E-state index in [0.29, 0.717) is 12.3 Å². The second-order valence-electron chi connectivity index (χ2n) is 6.58. The minimum absolute atomic E-state index is 0.344. The van der Waals surface area contributed by atoms with Gasteiger partial charge in [-0.25, -0.2) is 0 Å². The Morgan fingerprint density at radius 3 is 2.81 bits per heavy atom. The number of benzene rings is 1. The van der Waals surface area contributed by atoms with Crippen molar-refractivity contribution in [3.05, 3.63) is 88.8 Å². The highest BCUT2D eigenvalue weighted by molar-refractivity contribution is 7.85. The number of nitrogens with one attached hydrogen (secondary N) is 1. The molecule has 0 saturated carbocycles. The predicted molar refractivity (Wildman–Crippen MR) is 103 cm³/mol. The third kappa shape index (κ3) is 3.02. The van der Waals surface area contributed by atoms with Crippen LogP contribution in [-0.4, -0.2) is 31.8 Å². The molecule has 0 aromatic heterocycles. The molecule has 0 radical (unpaired) electrons. The van der Waals surface area contributed by atoms with E-state index in [-0.39, 0.29) is 0 Å². The summed E-state index contributed by atoms with van der Waals surface area (Å²) in [7, 11) is -3.67. The van der Waals surface area contributed by atoms with Gasteiger partial charge in [-0.2, -0.15) is 8.42 Å². The number of hydrogen-bond acceptors (Lipinski definition) is 4. The van der Waals surface area contributed by atoms with Gasteiger partial charge in [0.15, 0.2) is 0 Å². The van der Waals surface area contributed by atoms with Crippen molar-refractivity contribution in [2.24, 2.45) is 0 Å². The van der Waals surface area contributed by atoms with Gasteiger partial charge in [0.25, 0.3) is 10.1 Å². The van der Waals surface area contributed by atoms with Crippen LogP contribution in [0.3, 0.4) is 0 Å². The van der Waals surface area contributed by atoms with Gasteiger partial charge in [0.2, 0.25) is 0 Å². The molecule has 1 unspecified atom stereocenters. The number of para-hydroxylation sites is 1. The number of rotatable bonds is 0. The molecule has 4 aliphatic rings. The molecule has 3 heterocycles. The minimum atomic E-state index is -3.67. The summed E-state index contributed by atoms with van der Waals surface area (Å²) in [5.74, 6) is 0. The zero-order valence-corrected chi connectivity index (χ0v) is 15.2. The van der Waals surface area contributed by atoms with Crippen molar-refractivity contribution in [1.29, 1.82) is 0 Å². The van der Waals surface area contributed by atoms with E-state index in [4.69, 9.17) is 4.55 Å². The molecule has 1 saturated heterocycles. The first kappa shape index (κ1) is 16.9. The van der Waals surface area contributed by atoms with Crippen LogP contribution in [0, 0.1) is 0 Å². The van der Waals surface area contributed by atoms with Gasteiger partial charge in [0.05, 0.1) is 12.3 Å². The normalized spacial score (nSPS) is 22.1. The maximum Gasteiger partial charge on any atom is 0.261 e. The number of fused-ring (bicyclic) bond motifs is 5. The second-order valence-corrected chi connectivity index (χ2v) is 8.05. The Morgan fingerprint density at radius 1 is 1.23 bits per heavy atom. The van der Waals surface area contributed by atoms with Gasteiger partial charge < -0.3 is 10.2 Å². The summed E-state index contributed by atoms with van der Waals surface area (Å²) in [6.07, 6.45) is 15.3. The van der Waals surface area contributed by atoms with E-state index >= 15 is 0 Å². The van der Waals surface area contributed by atoms with E-state index in [1.165, 1.54) is 33.7 Å². The summed E-state index contributed by atoms with van der Waals surface area (Å²) in [6.45, 7) is 0.907. The largest absolute Gasteiger partial charge is 0.387 e. The van der Waals surface area contributed by atoms with Crippen LogP contribution in [-0.2, 0) is 16.5 Å². The SMILES string of the molecule is C1=CC2=CCc3ccccc3N3C4=CCNC=C4C(=C1)C23.CS(=O)(=O)O. The second kappa shape index (κ2) is 6.30. The lowest BCUT2D eigenvalue weighted by Gasteiger charge is -2.29. The summed E-state index contributed by atoms with van der Waals surface area (Å²) in [5.41, 5.74) is 8.30. The molecule has 6 heteroatoms. The van der Waals surface area contributed by atoms with E-state index in [9.17, 15) is 8.42 Å². The molecule has 1 fully saturated rings. The topological polar surface area (TPSA) is 69.6 Å². The molecule has 0 amide bonds. The van der Waals surface area contributed by atoms with E-state index in [1.54, 1.807) is 0 Å². The summed E-state index contributed by atoms with van der Waals surface area (Å²) in [4.78, 5) is 2.52. The lowest BCUT2D eigenvalue weighted by atomic mass is 9.91. The third-order valence-corrected chi connectivity index (χ3v) is 4.75. The highest BCUT2D eigenvalue weighted by Gasteiger charge is 2.41. The third-order valence-electron chi connectivity index (χ3n) is 4.75. The number of hydrogen-bond donors (Lipinski definition) is 2. The molecular weight excluding hydrogens is 348 g/mol. The van der Waals surface area contributed by atoms with Crippen LogP contribution in [0.1, 0.15) is 5.56 Å². The van der Waals surface area contributed by atoms with Crippen LogP contribution in [0.25, 0.3) is 0 Å². The van der Waals surface area contributed by atoms with Crippen LogP contribution < -0.4 is 10.2 Å². The van der Waals surface area contributed by atoms with Crippen molar-refractivity contribution in [2.45, 2.75) is 12.5 Å². The van der Waals surface area contributed by atoms with Crippen molar-refractivity contribution >= 4 is 15.8 Å². The number of allylic oxidation sites excluding steroid dienone is 4. The lowest BCUT2D eigenvalue weighted by Crippen LogP contribution is -2.31. The predicted octanol–water partition coefficient (Wildman–Crippen LogP) is 2.73. The fraction of sp³-hybridized carbons (Fsp3) is 0.200. The Morgan fingerprint density at radius 2 is 2.00 bits per heavy atom. The molecule has 2 N–H and O–H groups in total. The fourth-order valence-corrected chi connectivity index (χ4v) is 3.84. The van der Waals surface area contributed by atoms with Crippen LogP contribution in [0.2, 0.25) is 0 Å². The van der Waals surface area contributed by atoms with Gasteiger partial charge in [-0.05, 0) is 35.3 Å². The monoisotopic (exact) mass is 368 g/mol. The van der Waals surface area contributed by atoms with E-state index < -0.39 is 10.1 Å². The van der Waals surface area contributed by atoms with Gasteiger partial charge in [0, 0.05) is 29.7 Å². The standard InChI is InChI=1S/C19H16N2.CH4O3S/c1-2-7-17-13(4-1)8-9-14-5-3-6-15-16-12-20-11-10-18(16)21(17)19(14)15;1-5(2,3)4/h1-7,9-10,12,19-20H,8,11H2;1H3,(H,2,3,4). The molecule has 5 nitrogen and oxygen atoms in total. The molecule has 1 atom stereocenters. The fourth-order valence-electron chi connectivity index (χ4n) is 3.84. The van der Waals surface area contributed by atoms with Crippen molar-refractivity contribution < 1.29 is 13.0 Å². The molecule has 1 aliphatic carbocycles. The van der Waals surface area contributed by atoms with Crippen LogP contribution in [0.4, 0.5) is 5.69 Å². The molecule has 26 heavy (non-hydrogen) atoms. The number of dihydropyridines is 1. The molecule has 0 spiro atoms. The molecule has 134 valence electrons. The maximum absolute atomic E-state index is 9.19. The van der Waals surface area contributed by atoms with Gasteiger partial charge in [-0.3, -0.25) is 4.55 Å². The Bertz CT molecular complexity index is 1010. The highest BCUT2D eigenvalue weighted by atomic mass is 32.2. The van der Waals surface area contributed by atoms with Crippen molar-refractivity contribution in [3.63, 3.8) is 0 Å². The van der Waals surface area contributed by atoms with Crippen molar-refractivity contribution in [1.82, 2.24) is 5.32 Å². The average Bonchev–Trinajstić information content (AvgIpc) is 2.83. The molecule has 0 bridgehead atoms. The van der Waals surface area contributed by atoms with Gasteiger partial charge in [-0.15, -0.1) is 0 Å². The first-order valence-electron chi connectivity index (χ1n) is 8.46. The lowest BCUT2D eigenvalue weighted by molar-refractivity contribution is 0.490. The van der Waals surface area contributed by atoms with Crippen LogP contribution in [0.15, 0.2) is 83.3 Å². The smallest absolute Gasteiger partial charge is 0.261 e. The first-order chi connectivity index (χ1) is 12.4. The van der Waals surface area contributed by atoms with Gasteiger partial charge in [-0.1, -0.05) is 42.5 Å². The zero-order chi connectivity index (χ0) is 18.3. The summed E-state index contributed by atoms with van der Waals surface area (Å²) >= 11 is 0. The van der Waals surface area contributed by atoms with Gasteiger partial charge >= 0.3 is 0 Å². The summed E-state index contributed by atoms with van der Waals surface area (Å²) < 4.78 is 25.9. The quantitative estimate of drug-likeness (QED) is 0.689. The van der Waals surface area contributed by atoms with Gasteiger partial charge in [0.1, 0.15) is 0 Å². The highest BCUT2D eigenvalue weighted by Crippen LogP contribution is 2.47. The Kier molecular flexibility index (Phi) is 4.09. The zero-order valence-electron chi connectivity index (χ0n) is 14.4. The Hall–Kier alpha value is -2.57. The van der Waals surface area contributed by atoms with Crippen LogP contribution >= 0.6 is 0 Å². The molecule has 5 rings (SSSR count). The van der Waals surface area contributed by atoms with Crippen molar-refractivity contribution in [2.75, 3.05) is 17.7 Å². The average molecular weight is 368 g/mol. The Balaban J connectivity index is 0.000000301. The number of nitrogens with zero attached hydrogens (tertiary/aromatic N) is 1. The first-order valence-corrected chi connectivity index (χ1v) is 10.3. The number of anilines is 1. The van der Waals surface area contributed by atoms with E-state index in [0.717, 1.165) is 13.0 Å². The molecule has 1 aromatic rings. The minimum Gasteiger partial charge on any atom is -0.387 e. The molecular formula is C20H20N2O3S. The van der Waals surface area contributed by atoms with E-state index in [1.807, 2.05) is 0 Å². The van der Waals surface area contributed by atoms with E-state index in [2.05, 4.69) is 71.1 Å². The van der Waals surface area contributed by atoms with Crippen LogP contribution in [0.5, 0.6) is 0 Å². The Labute approximate surface area is 153 Å². The summed E-state index contributed by atoms with van der Waals surface area (Å²) in [5, 5.41) is 3.36.